The van der Waals surface area contributed by atoms with Crippen molar-refractivity contribution in [1.82, 2.24) is 5.32 Å². The van der Waals surface area contributed by atoms with Crippen molar-refractivity contribution in [3.63, 3.8) is 0 Å². The van der Waals surface area contributed by atoms with E-state index >= 15 is 0 Å². The lowest BCUT2D eigenvalue weighted by Gasteiger charge is -2.28. The molecule has 1 saturated heterocycles. The molecule has 21 heavy (non-hydrogen) atoms. The Morgan fingerprint density at radius 3 is 2.67 bits per heavy atom. The molecule has 1 fully saturated rings. The molecule has 0 aromatic heterocycles. The third kappa shape index (κ3) is 5.36. The molecule has 3 N–H and O–H groups in total. The van der Waals surface area contributed by atoms with Crippen molar-refractivity contribution >= 4 is 5.91 Å². The maximum absolute atomic E-state index is 10.6. The lowest BCUT2D eigenvalue weighted by molar-refractivity contribution is -0.119. The number of rotatable bonds is 7. The molecule has 1 aliphatic rings. The molecule has 0 aliphatic carbocycles. The first-order valence-electron chi connectivity index (χ1n) is 7.46. The van der Waals surface area contributed by atoms with E-state index in [0.717, 1.165) is 32.6 Å². The summed E-state index contributed by atoms with van der Waals surface area (Å²) in [5.41, 5.74) is 6.23. The summed E-state index contributed by atoms with van der Waals surface area (Å²) < 4.78 is 10.6. The number of nitrogens with two attached hydrogens (primary N) is 1. The number of hydrogen-bond acceptors (Lipinski definition) is 4. The molecular weight excluding hydrogens is 268 g/mol. The van der Waals surface area contributed by atoms with Gasteiger partial charge in [-0.1, -0.05) is 12.1 Å². The Bertz CT molecular complexity index is 441. The molecule has 5 heteroatoms. The molecule has 5 nitrogen and oxygen atoms in total. The van der Waals surface area contributed by atoms with Gasteiger partial charge in [0.1, 0.15) is 5.75 Å². The van der Waals surface area contributed by atoms with Gasteiger partial charge in [0.15, 0.2) is 6.61 Å². The number of amides is 1. The summed E-state index contributed by atoms with van der Waals surface area (Å²) in [6, 6.07) is 8.21. The number of carbonyl (C=O) groups is 1. The van der Waals surface area contributed by atoms with Gasteiger partial charge in [-0.05, 0) is 43.4 Å². The topological polar surface area (TPSA) is 73.6 Å². The highest BCUT2D eigenvalue weighted by atomic mass is 16.5. The Kier molecular flexibility index (Phi) is 6.02. The number of hydrogen-bond donors (Lipinski definition) is 2. The van der Waals surface area contributed by atoms with Gasteiger partial charge in [0.05, 0.1) is 0 Å². The fourth-order valence-electron chi connectivity index (χ4n) is 2.52. The highest BCUT2D eigenvalue weighted by molar-refractivity contribution is 5.75. The van der Waals surface area contributed by atoms with Crippen LogP contribution >= 0.6 is 0 Å². The summed E-state index contributed by atoms with van der Waals surface area (Å²) in [5, 5.41) is 3.57. The van der Waals surface area contributed by atoms with Crippen molar-refractivity contribution < 1.29 is 14.3 Å². The summed E-state index contributed by atoms with van der Waals surface area (Å²) in [7, 11) is 0. The van der Waals surface area contributed by atoms with E-state index in [9.17, 15) is 4.79 Å². The quantitative estimate of drug-likeness (QED) is 0.798. The predicted molar refractivity (Wildman–Crippen MR) is 81.0 cm³/mol. The minimum Gasteiger partial charge on any atom is -0.484 e. The van der Waals surface area contributed by atoms with Gasteiger partial charge >= 0.3 is 0 Å². The van der Waals surface area contributed by atoms with Gasteiger partial charge in [0.25, 0.3) is 5.91 Å². The van der Waals surface area contributed by atoms with E-state index in [4.69, 9.17) is 15.2 Å². The zero-order chi connectivity index (χ0) is 15.1. The van der Waals surface area contributed by atoms with Crippen molar-refractivity contribution in [1.29, 1.82) is 0 Å². The van der Waals surface area contributed by atoms with Gasteiger partial charge in [0.2, 0.25) is 0 Å². The summed E-state index contributed by atoms with van der Waals surface area (Å²) in [6.07, 6.45) is 2.27. The normalized spacial score (nSPS) is 17.4. The van der Waals surface area contributed by atoms with Crippen molar-refractivity contribution in [3.05, 3.63) is 29.8 Å². The van der Waals surface area contributed by atoms with Gasteiger partial charge in [-0.15, -0.1) is 0 Å². The Balaban J connectivity index is 1.76. The van der Waals surface area contributed by atoms with Crippen LogP contribution in [0, 0.1) is 5.92 Å². The minimum atomic E-state index is -0.467. The Labute approximate surface area is 125 Å². The second-order valence-electron chi connectivity index (χ2n) is 5.52. The summed E-state index contributed by atoms with van der Waals surface area (Å²) in [5.74, 6) is 0.887. The van der Waals surface area contributed by atoms with Crippen LogP contribution in [0.3, 0.4) is 0 Å². The van der Waals surface area contributed by atoms with E-state index in [0.29, 0.717) is 17.7 Å². The molecule has 1 aliphatic heterocycles. The van der Waals surface area contributed by atoms with Crippen LogP contribution in [0.25, 0.3) is 0 Å². The molecule has 1 unspecified atom stereocenters. The van der Waals surface area contributed by atoms with Gasteiger partial charge in [-0.25, -0.2) is 0 Å². The Hall–Kier alpha value is -1.59. The molecule has 2 rings (SSSR count). The van der Waals surface area contributed by atoms with Crippen LogP contribution in [0.5, 0.6) is 5.75 Å². The molecule has 1 aromatic rings. The highest BCUT2D eigenvalue weighted by Gasteiger charge is 2.19. The Morgan fingerprint density at radius 1 is 1.38 bits per heavy atom. The minimum absolute atomic E-state index is 0.0849. The second kappa shape index (κ2) is 8.00. The zero-order valence-electron chi connectivity index (χ0n) is 12.5. The highest BCUT2D eigenvalue weighted by Crippen LogP contribution is 2.19. The van der Waals surface area contributed by atoms with E-state index in [1.165, 1.54) is 5.56 Å². The molecule has 1 heterocycles. The van der Waals surface area contributed by atoms with E-state index in [1.54, 1.807) is 0 Å². The van der Waals surface area contributed by atoms with E-state index in [-0.39, 0.29) is 6.61 Å². The molecule has 0 saturated carbocycles. The maximum atomic E-state index is 10.6. The number of benzene rings is 1. The van der Waals surface area contributed by atoms with Crippen LogP contribution in [0.4, 0.5) is 0 Å². The smallest absolute Gasteiger partial charge is 0.255 e. The number of carbonyl (C=O) groups excluding carboxylic acids is 1. The van der Waals surface area contributed by atoms with Gasteiger partial charge in [-0.2, -0.15) is 0 Å². The average Bonchev–Trinajstić information content (AvgIpc) is 2.52. The largest absolute Gasteiger partial charge is 0.484 e. The first-order chi connectivity index (χ1) is 10.1. The van der Waals surface area contributed by atoms with Crippen LogP contribution < -0.4 is 15.8 Å². The molecule has 0 spiro atoms. The fraction of sp³-hybridized carbons (Fsp3) is 0.562. The third-order valence-electron chi connectivity index (χ3n) is 3.91. The number of nitrogens with one attached hydrogen (secondary N) is 1. The standard InChI is InChI=1S/C16H24N2O3/c1-12(14-6-8-20-9-7-14)18-10-13-2-4-15(5-3-13)21-11-16(17)19/h2-5,12,14,18H,6-11H2,1H3,(H2,17,19). The molecule has 0 bridgehead atoms. The summed E-state index contributed by atoms with van der Waals surface area (Å²) >= 11 is 0. The molecule has 1 atom stereocenters. The van der Waals surface area contributed by atoms with Crippen molar-refractivity contribution in [3.8, 4) is 5.75 Å². The van der Waals surface area contributed by atoms with Gasteiger partial charge < -0.3 is 20.5 Å². The van der Waals surface area contributed by atoms with Crippen LogP contribution in [0.15, 0.2) is 24.3 Å². The van der Waals surface area contributed by atoms with Gasteiger partial charge in [0, 0.05) is 25.8 Å². The molecule has 116 valence electrons. The van der Waals surface area contributed by atoms with E-state index in [2.05, 4.69) is 12.2 Å². The lowest BCUT2D eigenvalue weighted by Crippen LogP contribution is -2.36. The molecule has 1 aromatic carbocycles. The monoisotopic (exact) mass is 292 g/mol. The first-order valence-corrected chi connectivity index (χ1v) is 7.46. The summed E-state index contributed by atoms with van der Waals surface area (Å²) in [6.45, 7) is 4.73. The zero-order valence-corrected chi connectivity index (χ0v) is 12.5. The van der Waals surface area contributed by atoms with Crippen LogP contribution in [-0.2, 0) is 16.1 Å². The SMILES string of the molecule is CC(NCc1ccc(OCC(N)=O)cc1)C1CCOCC1. The second-order valence-corrected chi connectivity index (χ2v) is 5.52. The predicted octanol–water partition coefficient (Wildman–Crippen LogP) is 1.46. The summed E-state index contributed by atoms with van der Waals surface area (Å²) in [4.78, 5) is 10.6. The average molecular weight is 292 g/mol. The molecular formula is C16H24N2O3. The van der Waals surface area contributed by atoms with E-state index in [1.807, 2.05) is 24.3 Å². The number of ether oxygens (including phenoxy) is 2. The van der Waals surface area contributed by atoms with Gasteiger partial charge in [-0.3, -0.25) is 4.79 Å². The fourth-order valence-corrected chi connectivity index (χ4v) is 2.52. The van der Waals surface area contributed by atoms with Crippen LogP contribution in [-0.4, -0.2) is 31.8 Å². The first kappa shape index (κ1) is 15.8. The van der Waals surface area contributed by atoms with Crippen molar-refractivity contribution in [2.45, 2.75) is 32.4 Å². The Morgan fingerprint density at radius 2 is 2.05 bits per heavy atom. The van der Waals surface area contributed by atoms with Crippen LogP contribution in [0.1, 0.15) is 25.3 Å². The number of primary amides is 1. The van der Waals surface area contributed by atoms with E-state index < -0.39 is 5.91 Å². The third-order valence-corrected chi connectivity index (χ3v) is 3.91. The van der Waals surface area contributed by atoms with Crippen LogP contribution in [0.2, 0.25) is 0 Å². The molecule has 0 radical (unpaired) electrons. The van der Waals surface area contributed by atoms with Crippen molar-refractivity contribution in [2.24, 2.45) is 11.7 Å². The molecule has 1 amide bonds. The maximum Gasteiger partial charge on any atom is 0.255 e. The van der Waals surface area contributed by atoms with Crippen molar-refractivity contribution in [2.75, 3.05) is 19.8 Å². The lowest BCUT2D eigenvalue weighted by atomic mass is 9.93.